The van der Waals surface area contributed by atoms with E-state index in [0.717, 1.165) is 32.6 Å². The molecule has 0 aromatic carbocycles. The fourth-order valence-corrected chi connectivity index (χ4v) is 7.29. The fraction of sp³-hybridized carbons (Fsp3) is 0.750. The van der Waals surface area contributed by atoms with Crippen LogP contribution in [0.1, 0.15) is 119 Å². The molecule has 3 rings (SSSR count). The Morgan fingerprint density at radius 1 is 0.939 bits per heavy atom. The van der Waals surface area contributed by atoms with Gasteiger partial charge in [-0.3, -0.25) is 14.4 Å². The minimum absolute atomic E-state index is 0.0373. The van der Waals surface area contributed by atoms with Gasteiger partial charge in [0.2, 0.25) is 0 Å². The molecule has 2 aliphatic carbocycles. The summed E-state index contributed by atoms with van der Waals surface area (Å²) in [5, 5.41) is 24.1. The van der Waals surface area contributed by atoms with Crippen molar-refractivity contribution < 1.29 is 57.9 Å². The topological polar surface area (TPSA) is 198 Å². The molecule has 1 heterocycles. The molecule has 276 valence electrons. The average molecular weight is 694 g/mol. The van der Waals surface area contributed by atoms with Crippen LogP contribution in [0.3, 0.4) is 0 Å². The number of hydrogen-bond acceptors (Lipinski definition) is 13. The zero-order valence-corrected chi connectivity index (χ0v) is 30.0. The first kappa shape index (κ1) is 40.1. The lowest BCUT2D eigenvalue weighted by Gasteiger charge is -2.41. The predicted molar refractivity (Wildman–Crippen MR) is 176 cm³/mol. The molecule has 0 unspecified atom stereocenters. The van der Waals surface area contributed by atoms with Crippen LogP contribution in [0.5, 0.6) is 0 Å². The molecule has 0 aromatic heterocycles. The van der Waals surface area contributed by atoms with Crippen LogP contribution >= 0.6 is 0 Å². The lowest BCUT2D eigenvalue weighted by molar-refractivity contribution is -0.212. The molecule has 0 radical (unpaired) electrons. The van der Waals surface area contributed by atoms with E-state index in [1.54, 1.807) is 26.8 Å². The van der Waals surface area contributed by atoms with Crippen LogP contribution in [0.2, 0.25) is 0 Å². The van der Waals surface area contributed by atoms with E-state index in [0.29, 0.717) is 32.2 Å². The molecular weight excluding hydrogens is 638 g/mol. The van der Waals surface area contributed by atoms with Gasteiger partial charge in [0.1, 0.15) is 11.7 Å². The van der Waals surface area contributed by atoms with E-state index in [4.69, 9.17) is 29.4 Å². The lowest BCUT2D eigenvalue weighted by atomic mass is 9.75. The third-order valence-electron chi connectivity index (χ3n) is 10.1. The highest BCUT2D eigenvalue weighted by molar-refractivity contribution is 5.88. The van der Waals surface area contributed by atoms with Gasteiger partial charge in [-0.2, -0.15) is 0 Å². The highest BCUT2D eigenvalue weighted by Gasteiger charge is 2.76. The van der Waals surface area contributed by atoms with Gasteiger partial charge in [-0.1, -0.05) is 45.1 Å². The van der Waals surface area contributed by atoms with E-state index in [1.807, 2.05) is 0 Å². The van der Waals surface area contributed by atoms with E-state index in [-0.39, 0.29) is 29.6 Å². The van der Waals surface area contributed by atoms with Crippen molar-refractivity contribution >= 4 is 29.8 Å². The Morgan fingerprint density at radius 2 is 1.53 bits per heavy atom. The number of allylic oxidation sites excluding steroid dienone is 1. The number of carbonyl (C=O) groups excluding carboxylic acids is 5. The molecule has 13 nitrogen and oxygen atoms in total. The molecule has 8 atom stereocenters. The van der Waals surface area contributed by atoms with Crippen molar-refractivity contribution in [2.75, 3.05) is 6.54 Å². The van der Waals surface area contributed by atoms with Crippen molar-refractivity contribution in [2.45, 2.75) is 160 Å². The van der Waals surface area contributed by atoms with Gasteiger partial charge in [-0.25, -0.2) is 9.59 Å². The molecule has 0 amide bonds. The Hall–Kier alpha value is -3.29. The van der Waals surface area contributed by atoms with Crippen LogP contribution in [-0.4, -0.2) is 87.8 Å². The third-order valence-corrected chi connectivity index (χ3v) is 10.1. The summed E-state index contributed by atoms with van der Waals surface area (Å²) in [4.78, 5) is 65.7. The van der Waals surface area contributed by atoms with Gasteiger partial charge in [-0.15, -0.1) is 0 Å². The zero-order chi connectivity index (χ0) is 36.7. The first-order chi connectivity index (χ1) is 23.0. The summed E-state index contributed by atoms with van der Waals surface area (Å²) < 4.78 is 29.5. The highest BCUT2D eigenvalue weighted by Crippen LogP contribution is 2.57. The van der Waals surface area contributed by atoms with Crippen LogP contribution in [0, 0.1) is 5.92 Å². The SMILES string of the molecule is C/C=C(/C)C(=O)O[C@H]1C(C)=C2[C@H]([C@@H]1OC(=O)CCCCCCC)[C@@](C)(OC(C)=O)C[C@H](OC(=O)CCCCCN)[C@@]1(O)[C@H]2OC(=O)[C@@]1(C)O. The molecule has 4 N–H and O–H groups in total. The molecule has 1 saturated heterocycles. The number of nitrogens with two attached hydrogens (primary N) is 1. The number of hydrogen-bond donors (Lipinski definition) is 3. The summed E-state index contributed by atoms with van der Waals surface area (Å²) in [5.74, 6) is -5.07. The molecule has 1 aliphatic heterocycles. The molecule has 0 spiro atoms. The number of aliphatic hydroxyl groups is 2. The van der Waals surface area contributed by atoms with Gasteiger partial charge in [0.15, 0.2) is 29.5 Å². The molecule has 0 aromatic rings. The third kappa shape index (κ3) is 8.37. The van der Waals surface area contributed by atoms with E-state index in [9.17, 15) is 34.2 Å². The standard InChI is InChI=1S/C36H55NO12/c1-8-10-11-12-14-18-26(40)46-30-28-27(22(4)29(30)47-32(41)21(3)9-2)31-36(44,35(7,43)33(42)48-31)24(20-34(28,6)49-23(5)38)45-25(39)17-15-13-16-19-37/h9,24,28-31,43-44H,8,10-20,37H2,1-7H3/b21-9-/t24-,28+,29-,30-,31-,34-,35+,36+/m0/s1. The Labute approximate surface area is 288 Å². The second-order valence-corrected chi connectivity index (χ2v) is 13.9. The van der Waals surface area contributed by atoms with Crippen LogP contribution in [0.15, 0.2) is 22.8 Å². The van der Waals surface area contributed by atoms with Gasteiger partial charge in [0, 0.05) is 31.8 Å². The molecule has 2 fully saturated rings. The first-order valence-corrected chi connectivity index (χ1v) is 17.5. The summed E-state index contributed by atoms with van der Waals surface area (Å²) in [7, 11) is 0. The maximum atomic E-state index is 13.4. The lowest BCUT2D eigenvalue weighted by Crippen LogP contribution is -2.64. The second kappa shape index (κ2) is 16.6. The van der Waals surface area contributed by atoms with Gasteiger partial charge in [0.05, 0.1) is 5.92 Å². The van der Waals surface area contributed by atoms with Gasteiger partial charge in [-0.05, 0) is 71.6 Å². The average Bonchev–Trinajstić information content (AvgIpc) is 3.36. The second-order valence-electron chi connectivity index (χ2n) is 13.9. The molecule has 13 heteroatoms. The fourth-order valence-electron chi connectivity index (χ4n) is 7.29. The van der Waals surface area contributed by atoms with Crippen molar-refractivity contribution in [3.05, 3.63) is 22.8 Å². The Bertz CT molecular complexity index is 1320. The van der Waals surface area contributed by atoms with Gasteiger partial charge >= 0.3 is 29.8 Å². The Morgan fingerprint density at radius 3 is 2.10 bits per heavy atom. The number of carbonyl (C=O) groups is 5. The summed E-state index contributed by atoms with van der Waals surface area (Å²) in [5.41, 5.74) is -0.633. The summed E-state index contributed by atoms with van der Waals surface area (Å²) in [6.07, 6.45) is 1.51. The largest absolute Gasteiger partial charge is 0.459 e. The van der Waals surface area contributed by atoms with Crippen LogP contribution in [0.4, 0.5) is 0 Å². The van der Waals surface area contributed by atoms with Crippen LogP contribution < -0.4 is 5.73 Å². The monoisotopic (exact) mass is 693 g/mol. The Balaban J connectivity index is 2.18. The summed E-state index contributed by atoms with van der Waals surface area (Å²) in [6, 6.07) is 0. The van der Waals surface area contributed by atoms with Crippen molar-refractivity contribution in [2.24, 2.45) is 11.7 Å². The number of ether oxygens (including phenoxy) is 5. The molecule has 0 bridgehead atoms. The predicted octanol–water partition coefficient (Wildman–Crippen LogP) is 3.65. The maximum absolute atomic E-state index is 13.4. The van der Waals surface area contributed by atoms with Crippen molar-refractivity contribution in [1.29, 1.82) is 0 Å². The minimum atomic E-state index is -2.59. The van der Waals surface area contributed by atoms with Crippen molar-refractivity contribution in [3.63, 3.8) is 0 Å². The Kier molecular flexibility index (Phi) is 13.6. The first-order valence-electron chi connectivity index (χ1n) is 17.5. The summed E-state index contributed by atoms with van der Waals surface area (Å²) in [6.45, 7) is 11.1. The van der Waals surface area contributed by atoms with Crippen molar-refractivity contribution in [3.8, 4) is 0 Å². The van der Waals surface area contributed by atoms with E-state index < -0.39 is 83.4 Å². The van der Waals surface area contributed by atoms with Gasteiger partial charge in [0.25, 0.3) is 0 Å². The number of rotatable bonds is 16. The van der Waals surface area contributed by atoms with Gasteiger partial charge < -0.3 is 39.6 Å². The molecule has 1 saturated carbocycles. The molecular formula is C36H55NO12. The smallest absolute Gasteiger partial charge is 0.341 e. The van der Waals surface area contributed by atoms with E-state index >= 15 is 0 Å². The van der Waals surface area contributed by atoms with Crippen molar-refractivity contribution in [1.82, 2.24) is 0 Å². The number of esters is 5. The summed E-state index contributed by atoms with van der Waals surface area (Å²) >= 11 is 0. The quantitative estimate of drug-likeness (QED) is 0.0697. The van der Waals surface area contributed by atoms with Crippen LogP contribution in [0.25, 0.3) is 0 Å². The maximum Gasteiger partial charge on any atom is 0.341 e. The highest BCUT2D eigenvalue weighted by atomic mass is 16.6. The molecule has 3 aliphatic rings. The van der Waals surface area contributed by atoms with E-state index in [2.05, 4.69) is 6.92 Å². The zero-order valence-electron chi connectivity index (χ0n) is 30.0. The van der Waals surface area contributed by atoms with E-state index in [1.165, 1.54) is 13.8 Å². The van der Waals surface area contributed by atoms with Crippen LogP contribution in [-0.2, 0) is 47.7 Å². The molecule has 49 heavy (non-hydrogen) atoms. The normalized spacial score (nSPS) is 32.5. The number of fused-ring (bicyclic) bond motifs is 3. The number of unbranched alkanes of at least 4 members (excludes halogenated alkanes) is 6. The minimum Gasteiger partial charge on any atom is -0.459 e.